The van der Waals surface area contributed by atoms with Crippen LogP contribution in [-0.4, -0.2) is 42.2 Å². The van der Waals surface area contributed by atoms with E-state index in [-0.39, 0.29) is 5.84 Å². The molecule has 5 heteroatoms. The molecule has 0 spiro atoms. The minimum Gasteiger partial charge on any atom is -0.492 e. The van der Waals surface area contributed by atoms with Gasteiger partial charge in [0.1, 0.15) is 12.4 Å². The largest absolute Gasteiger partial charge is 0.492 e. The first-order valence-corrected chi connectivity index (χ1v) is 7.66. The molecule has 1 aliphatic heterocycles. The molecule has 5 nitrogen and oxygen atoms in total. The normalized spacial score (nSPS) is 17.9. The van der Waals surface area contributed by atoms with Gasteiger partial charge in [-0.25, -0.2) is 0 Å². The lowest BCUT2D eigenvalue weighted by atomic mass is 9.94. The van der Waals surface area contributed by atoms with Gasteiger partial charge in [0.25, 0.3) is 0 Å². The molecule has 21 heavy (non-hydrogen) atoms. The van der Waals surface area contributed by atoms with E-state index in [9.17, 15) is 0 Å². The minimum absolute atomic E-state index is 0.111. The number of hydrogen-bond acceptors (Lipinski definition) is 4. The lowest BCUT2D eigenvalue weighted by molar-refractivity contribution is 0.153. The summed E-state index contributed by atoms with van der Waals surface area (Å²) in [7, 11) is 0. The first kappa shape index (κ1) is 15.6. The average Bonchev–Trinajstić information content (AvgIpc) is 2.55. The molecule has 1 saturated heterocycles. The van der Waals surface area contributed by atoms with Gasteiger partial charge in [0.15, 0.2) is 5.84 Å². The number of rotatable bonds is 6. The van der Waals surface area contributed by atoms with Crippen LogP contribution in [0.25, 0.3) is 0 Å². The zero-order valence-corrected chi connectivity index (χ0v) is 12.7. The number of piperidine rings is 1. The Hall–Kier alpha value is -1.75. The number of nitrogens with zero attached hydrogens (tertiary/aromatic N) is 2. The van der Waals surface area contributed by atoms with Gasteiger partial charge < -0.3 is 15.7 Å². The zero-order chi connectivity index (χ0) is 15.1. The number of hydrogen-bond donors (Lipinski definition) is 2. The fourth-order valence-corrected chi connectivity index (χ4v) is 2.69. The Bertz CT molecular complexity index is 451. The van der Waals surface area contributed by atoms with Gasteiger partial charge in [-0.15, -0.1) is 0 Å². The van der Waals surface area contributed by atoms with Crippen LogP contribution in [-0.2, 0) is 0 Å². The van der Waals surface area contributed by atoms with E-state index in [1.807, 2.05) is 12.1 Å². The molecule has 3 N–H and O–H groups in total. The van der Waals surface area contributed by atoms with E-state index in [0.717, 1.165) is 18.2 Å². The SMILES string of the molecule is CCC1CCN(CCOc2ccc(C(N)=NO)cc2)CC1. The summed E-state index contributed by atoms with van der Waals surface area (Å²) in [6.45, 7) is 6.31. The van der Waals surface area contributed by atoms with Crippen LogP contribution < -0.4 is 10.5 Å². The molecule has 0 radical (unpaired) electrons. The Morgan fingerprint density at radius 1 is 1.33 bits per heavy atom. The molecule has 0 unspecified atom stereocenters. The Morgan fingerprint density at radius 2 is 2.00 bits per heavy atom. The summed E-state index contributed by atoms with van der Waals surface area (Å²) < 4.78 is 5.75. The van der Waals surface area contributed by atoms with Crippen molar-refractivity contribution in [2.45, 2.75) is 26.2 Å². The number of likely N-dealkylation sites (tertiary alicyclic amines) is 1. The second-order valence-electron chi connectivity index (χ2n) is 5.55. The lowest BCUT2D eigenvalue weighted by Crippen LogP contribution is -2.36. The van der Waals surface area contributed by atoms with E-state index < -0.39 is 0 Å². The lowest BCUT2D eigenvalue weighted by Gasteiger charge is -2.31. The van der Waals surface area contributed by atoms with Crippen LogP contribution in [0.1, 0.15) is 31.7 Å². The molecule has 116 valence electrons. The van der Waals surface area contributed by atoms with Gasteiger partial charge in [0, 0.05) is 12.1 Å². The topological polar surface area (TPSA) is 71.1 Å². The predicted molar refractivity (Wildman–Crippen MR) is 83.9 cm³/mol. The van der Waals surface area contributed by atoms with Crippen molar-refractivity contribution in [3.63, 3.8) is 0 Å². The maximum atomic E-state index is 8.61. The van der Waals surface area contributed by atoms with Crippen molar-refractivity contribution in [1.29, 1.82) is 0 Å². The number of oxime groups is 1. The predicted octanol–water partition coefficient (Wildman–Crippen LogP) is 2.28. The Kier molecular flexibility index (Phi) is 5.87. The summed E-state index contributed by atoms with van der Waals surface area (Å²) in [5.74, 6) is 1.83. The molecular weight excluding hydrogens is 266 g/mol. The monoisotopic (exact) mass is 291 g/mol. The Morgan fingerprint density at radius 3 is 2.57 bits per heavy atom. The molecule has 1 aliphatic rings. The van der Waals surface area contributed by atoms with Crippen LogP contribution in [0.5, 0.6) is 5.75 Å². The second-order valence-corrected chi connectivity index (χ2v) is 5.55. The maximum Gasteiger partial charge on any atom is 0.170 e. The first-order valence-electron chi connectivity index (χ1n) is 7.66. The summed E-state index contributed by atoms with van der Waals surface area (Å²) in [4.78, 5) is 2.47. The van der Waals surface area contributed by atoms with Crippen LogP contribution >= 0.6 is 0 Å². The summed E-state index contributed by atoms with van der Waals surface area (Å²) in [6.07, 6.45) is 3.92. The smallest absolute Gasteiger partial charge is 0.170 e. The van der Waals surface area contributed by atoms with Crippen molar-refractivity contribution in [1.82, 2.24) is 4.90 Å². The van der Waals surface area contributed by atoms with Crippen LogP contribution in [0.2, 0.25) is 0 Å². The van der Waals surface area contributed by atoms with E-state index in [1.165, 1.54) is 32.4 Å². The van der Waals surface area contributed by atoms with E-state index in [0.29, 0.717) is 12.2 Å². The maximum absolute atomic E-state index is 8.61. The quantitative estimate of drug-likeness (QED) is 0.365. The van der Waals surface area contributed by atoms with Crippen molar-refractivity contribution in [2.75, 3.05) is 26.2 Å². The molecule has 2 rings (SSSR count). The zero-order valence-electron chi connectivity index (χ0n) is 12.7. The van der Waals surface area contributed by atoms with Crippen molar-refractivity contribution < 1.29 is 9.94 Å². The molecule has 0 aromatic heterocycles. The average molecular weight is 291 g/mol. The summed E-state index contributed by atoms with van der Waals surface area (Å²) in [6, 6.07) is 7.27. The number of ether oxygens (including phenoxy) is 1. The van der Waals surface area contributed by atoms with E-state index in [1.54, 1.807) is 12.1 Å². The second kappa shape index (κ2) is 7.88. The number of amidine groups is 1. The van der Waals surface area contributed by atoms with Gasteiger partial charge >= 0.3 is 0 Å². The molecule has 0 saturated carbocycles. The molecule has 0 atom stereocenters. The van der Waals surface area contributed by atoms with Gasteiger partial charge in [-0.2, -0.15) is 0 Å². The molecule has 0 bridgehead atoms. The molecular formula is C16H25N3O2. The van der Waals surface area contributed by atoms with Crippen molar-refractivity contribution in [3.8, 4) is 5.75 Å². The number of nitrogens with two attached hydrogens (primary N) is 1. The van der Waals surface area contributed by atoms with Gasteiger partial charge in [0.2, 0.25) is 0 Å². The molecule has 1 aromatic carbocycles. The fourth-order valence-electron chi connectivity index (χ4n) is 2.69. The number of benzene rings is 1. The Labute approximate surface area is 126 Å². The minimum atomic E-state index is 0.111. The summed E-state index contributed by atoms with van der Waals surface area (Å²) >= 11 is 0. The van der Waals surface area contributed by atoms with Crippen molar-refractivity contribution in [2.24, 2.45) is 16.8 Å². The highest BCUT2D eigenvalue weighted by molar-refractivity contribution is 5.97. The highest BCUT2D eigenvalue weighted by Gasteiger charge is 2.17. The van der Waals surface area contributed by atoms with Gasteiger partial charge in [-0.3, -0.25) is 4.90 Å². The highest BCUT2D eigenvalue weighted by atomic mass is 16.5. The van der Waals surface area contributed by atoms with Crippen LogP contribution in [0, 0.1) is 5.92 Å². The Balaban J connectivity index is 1.71. The molecule has 1 fully saturated rings. The third kappa shape index (κ3) is 4.63. The van der Waals surface area contributed by atoms with Crippen molar-refractivity contribution in [3.05, 3.63) is 29.8 Å². The van der Waals surface area contributed by atoms with Gasteiger partial charge in [-0.05, 0) is 56.1 Å². The third-order valence-corrected chi connectivity index (χ3v) is 4.22. The standard InChI is InChI=1S/C16H25N3O2/c1-2-13-7-9-19(10-8-13)11-12-21-15-5-3-14(4-6-15)16(17)18-20/h3-6,13,20H,2,7-12H2,1H3,(H2,17,18). The first-order chi connectivity index (χ1) is 10.2. The van der Waals surface area contributed by atoms with E-state index >= 15 is 0 Å². The van der Waals surface area contributed by atoms with E-state index in [2.05, 4.69) is 17.0 Å². The highest BCUT2D eigenvalue weighted by Crippen LogP contribution is 2.19. The van der Waals surface area contributed by atoms with E-state index in [4.69, 9.17) is 15.7 Å². The summed E-state index contributed by atoms with van der Waals surface area (Å²) in [5.41, 5.74) is 6.20. The molecule has 0 amide bonds. The fraction of sp³-hybridized carbons (Fsp3) is 0.562. The van der Waals surface area contributed by atoms with Crippen LogP contribution in [0.3, 0.4) is 0 Å². The van der Waals surface area contributed by atoms with Gasteiger partial charge in [0.05, 0.1) is 0 Å². The molecule has 1 aromatic rings. The van der Waals surface area contributed by atoms with Gasteiger partial charge in [-0.1, -0.05) is 18.5 Å². The summed E-state index contributed by atoms with van der Waals surface area (Å²) in [5, 5.41) is 11.6. The van der Waals surface area contributed by atoms with Crippen LogP contribution in [0.15, 0.2) is 29.4 Å². The molecule has 0 aliphatic carbocycles. The third-order valence-electron chi connectivity index (χ3n) is 4.22. The van der Waals surface area contributed by atoms with Crippen molar-refractivity contribution >= 4 is 5.84 Å². The van der Waals surface area contributed by atoms with Crippen LogP contribution in [0.4, 0.5) is 0 Å². The molecule has 1 heterocycles.